The maximum atomic E-state index is 13.0. The van der Waals surface area contributed by atoms with E-state index in [1.165, 1.54) is 11.9 Å². The Morgan fingerprint density at radius 3 is 2.51 bits per heavy atom. The minimum absolute atomic E-state index is 0.239. The molecule has 2 aromatic carbocycles. The molecule has 0 saturated heterocycles. The fourth-order valence-electron chi connectivity index (χ4n) is 5.41. The van der Waals surface area contributed by atoms with Crippen molar-refractivity contribution in [2.75, 3.05) is 18.5 Å². The fourth-order valence-corrected chi connectivity index (χ4v) is 7.61. The fraction of sp³-hybridized carbons (Fsp3) is 0.393. The predicted octanol–water partition coefficient (Wildman–Crippen LogP) is 6.33. The Morgan fingerprint density at radius 2 is 1.84 bits per heavy atom. The molecular weight excluding hydrogens is 507 g/mol. The van der Waals surface area contributed by atoms with Gasteiger partial charge in [-0.1, -0.05) is 41.9 Å². The second-order valence-electron chi connectivity index (χ2n) is 10.4. The van der Waals surface area contributed by atoms with Crippen LogP contribution in [0.25, 0.3) is 0 Å². The van der Waals surface area contributed by atoms with Gasteiger partial charge in [-0.25, -0.2) is 9.98 Å². The lowest BCUT2D eigenvalue weighted by atomic mass is 9.79. The van der Waals surface area contributed by atoms with E-state index in [1.54, 1.807) is 31.3 Å². The lowest BCUT2D eigenvalue weighted by Gasteiger charge is -2.32. The van der Waals surface area contributed by atoms with E-state index < -0.39 is 13.0 Å². The molecule has 9 heteroatoms. The highest BCUT2D eigenvalue weighted by Gasteiger charge is 2.36. The van der Waals surface area contributed by atoms with Crippen LogP contribution in [0, 0.1) is 5.92 Å². The van der Waals surface area contributed by atoms with Crippen LogP contribution >= 0.6 is 19.0 Å². The first-order chi connectivity index (χ1) is 17.7. The molecule has 1 aromatic heterocycles. The molecule has 1 fully saturated rings. The van der Waals surface area contributed by atoms with E-state index in [4.69, 9.17) is 21.3 Å². The zero-order chi connectivity index (χ0) is 26.2. The molecule has 0 radical (unpaired) electrons. The van der Waals surface area contributed by atoms with Crippen LogP contribution in [-0.4, -0.2) is 39.4 Å². The highest BCUT2D eigenvalue weighted by Crippen LogP contribution is 2.47. The van der Waals surface area contributed by atoms with Crippen LogP contribution in [0.2, 0.25) is 5.02 Å². The summed E-state index contributed by atoms with van der Waals surface area (Å²) in [5.41, 5.74) is 3.11. The Bertz CT molecular complexity index is 1370. The average Bonchev–Trinajstić information content (AvgIpc) is 2.88. The molecule has 7 nitrogen and oxygen atoms in total. The van der Waals surface area contributed by atoms with Crippen LogP contribution in [0.4, 0.5) is 11.5 Å². The summed E-state index contributed by atoms with van der Waals surface area (Å²) in [4.78, 5) is 24.1. The summed E-state index contributed by atoms with van der Waals surface area (Å²) in [6, 6.07) is 15.4. The summed E-state index contributed by atoms with van der Waals surface area (Å²) in [7, 11) is -1.62. The van der Waals surface area contributed by atoms with Crippen LogP contribution in [0.1, 0.15) is 56.6 Å². The Labute approximate surface area is 222 Å². The number of aliphatic imine (C=N–C) groups is 1. The summed E-state index contributed by atoms with van der Waals surface area (Å²) >= 11 is 6.04. The summed E-state index contributed by atoms with van der Waals surface area (Å²) in [6.45, 7) is 3.99. The minimum Gasteiger partial charge on any atom is -0.463 e. The molecule has 2 heterocycles. The topological polar surface area (TPSA) is 96.7 Å². The number of nitrogens with one attached hydrogen (secondary N) is 1. The summed E-state index contributed by atoms with van der Waals surface area (Å²) < 4.78 is 19.2. The first-order valence-corrected chi connectivity index (χ1v) is 14.9. The second kappa shape index (κ2) is 10.2. The van der Waals surface area contributed by atoms with E-state index in [9.17, 15) is 9.46 Å². The van der Waals surface area contributed by atoms with Gasteiger partial charge in [0.2, 0.25) is 13.2 Å². The molecule has 1 unspecified atom stereocenters. The third kappa shape index (κ3) is 5.45. The Balaban J connectivity index is 1.27. The average molecular weight is 539 g/mol. The third-order valence-corrected chi connectivity index (χ3v) is 9.72. The van der Waals surface area contributed by atoms with Gasteiger partial charge in [0.15, 0.2) is 11.5 Å². The zero-order valence-electron chi connectivity index (χ0n) is 21.3. The molecule has 1 aliphatic heterocycles. The molecule has 194 valence electrons. The van der Waals surface area contributed by atoms with Gasteiger partial charge in [0.25, 0.3) is 0 Å². The van der Waals surface area contributed by atoms with Crippen molar-refractivity contribution in [2.45, 2.75) is 51.0 Å². The number of ether oxygens (including phenoxy) is 1. The second-order valence-corrected chi connectivity index (χ2v) is 13.1. The Hall–Kier alpha value is -2.73. The SMILES string of the molecule is CNc1ncnc2c1N=C(c1ccc(C3CCC(CP(=O)(O)c4cccc(Cl)c4)CC3)cc1)C(C)(C)O2. The number of fused-ring (bicyclic) bond motifs is 1. The highest BCUT2D eigenvalue weighted by molar-refractivity contribution is 7.66. The normalized spacial score (nSPS) is 22.2. The highest BCUT2D eigenvalue weighted by atomic mass is 35.5. The minimum atomic E-state index is -3.42. The molecule has 0 bridgehead atoms. The molecule has 37 heavy (non-hydrogen) atoms. The standard InChI is InChI=1S/C28H32ClN4O3P/c1-28(2)25(33-24-26(30-3)31-17-32-27(24)36-28)21-13-11-20(12-14-21)19-9-7-18(8-10-19)16-37(34,35)23-6-4-5-22(29)15-23/h4-6,11-15,17-19H,7-10,16H2,1-3H3,(H,34,35)(H,30,31,32). The van der Waals surface area contributed by atoms with Gasteiger partial charge in [-0.05, 0) is 75.1 Å². The Morgan fingerprint density at radius 1 is 1.11 bits per heavy atom. The molecule has 1 atom stereocenters. The van der Waals surface area contributed by atoms with Crippen LogP contribution in [-0.2, 0) is 4.57 Å². The van der Waals surface area contributed by atoms with E-state index in [-0.39, 0.29) is 5.92 Å². The van der Waals surface area contributed by atoms with Crippen molar-refractivity contribution in [3.63, 3.8) is 0 Å². The molecular formula is C28H32ClN4O3P. The summed E-state index contributed by atoms with van der Waals surface area (Å²) in [5, 5.41) is 4.00. The van der Waals surface area contributed by atoms with Crippen molar-refractivity contribution in [3.05, 3.63) is 71.0 Å². The molecule has 0 spiro atoms. The van der Waals surface area contributed by atoms with Crippen LogP contribution < -0.4 is 15.4 Å². The van der Waals surface area contributed by atoms with Crippen molar-refractivity contribution < 1.29 is 14.2 Å². The van der Waals surface area contributed by atoms with Crippen molar-refractivity contribution in [1.82, 2.24) is 9.97 Å². The molecule has 2 N–H and O–H groups in total. The van der Waals surface area contributed by atoms with Gasteiger partial charge in [0, 0.05) is 29.1 Å². The van der Waals surface area contributed by atoms with E-state index in [2.05, 4.69) is 39.6 Å². The van der Waals surface area contributed by atoms with E-state index in [0.717, 1.165) is 37.0 Å². The number of rotatable bonds is 6. The first-order valence-electron chi connectivity index (χ1n) is 12.7. The summed E-state index contributed by atoms with van der Waals surface area (Å²) in [6.07, 6.45) is 5.68. The zero-order valence-corrected chi connectivity index (χ0v) is 23.0. The van der Waals surface area contributed by atoms with E-state index in [1.807, 2.05) is 13.8 Å². The van der Waals surface area contributed by atoms with E-state index in [0.29, 0.717) is 39.8 Å². The molecule has 1 aliphatic carbocycles. The first kappa shape index (κ1) is 25.9. The van der Waals surface area contributed by atoms with Gasteiger partial charge < -0.3 is 14.9 Å². The van der Waals surface area contributed by atoms with Crippen molar-refractivity contribution >= 4 is 41.5 Å². The lowest BCUT2D eigenvalue weighted by Crippen LogP contribution is -2.41. The van der Waals surface area contributed by atoms with Crippen molar-refractivity contribution in [1.29, 1.82) is 0 Å². The number of benzene rings is 2. The quantitative estimate of drug-likeness (QED) is 0.356. The van der Waals surface area contributed by atoms with Gasteiger partial charge in [-0.15, -0.1) is 0 Å². The monoisotopic (exact) mass is 538 g/mol. The maximum absolute atomic E-state index is 13.0. The van der Waals surface area contributed by atoms with Gasteiger partial charge >= 0.3 is 0 Å². The van der Waals surface area contributed by atoms with Crippen LogP contribution in [0.15, 0.2) is 59.9 Å². The third-order valence-electron chi connectivity index (χ3n) is 7.39. The molecule has 0 amide bonds. The molecule has 3 aromatic rings. The van der Waals surface area contributed by atoms with Gasteiger partial charge in [0.05, 0.1) is 5.71 Å². The summed E-state index contributed by atoms with van der Waals surface area (Å²) in [5.74, 6) is 1.79. The van der Waals surface area contributed by atoms with Crippen LogP contribution in [0.3, 0.4) is 0 Å². The number of halogens is 1. The van der Waals surface area contributed by atoms with Gasteiger partial charge in [-0.3, -0.25) is 4.57 Å². The number of hydrogen-bond acceptors (Lipinski definition) is 6. The lowest BCUT2D eigenvalue weighted by molar-refractivity contribution is 0.171. The number of nitrogens with zero attached hydrogens (tertiary/aromatic N) is 3. The van der Waals surface area contributed by atoms with E-state index >= 15 is 0 Å². The molecule has 5 rings (SSSR count). The number of hydrogen-bond donors (Lipinski definition) is 2. The van der Waals surface area contributed by atoms with Crippen LogP contribution in [0.5, 0.6) is 5.88 Å². The molecule has 1 saturated carbocycles. The maximum Gasteiger partial charge on any atom is 0.246 e. The van der Waals surface area contributed by atoms with Crippen molar-refractivity contribution in [3.8, 4) is 5.88 Å². The van der Waals surface area contributed by atoms with Gasteiger partial charge in [-0.2, -0.15) is 4.98 Å². The largest absolute Gasteiger partial charge is 0.463 e. The molecule has 2 aliphatic rings. The predicted molar refractivity (Wildman–Crippen MR) is 149 cm³/mol. The van der Waals surface area contributed by atoms with Gasteiger partial charge in [0.1, 0.15) is 11.9 Å². The Kier molecular flexibility index (Phi) is 7.14. The number of aromatic nitrogens is 2. The number of anilines is 1. The smallest absolute Gasteiger partial charge is 0.246 e. The van der Waals surface area contributed by atoms with Crippen molar-refractivity contribution in [2.24, 2.45) is 10.9 Å².